The first-order valence-electron chi connectivity index (χ1n) is 6.99. The van der Waals surface area contributed by atoms with Crippen molar-refractivity contribution in [3.05, 3.63) is 6.33 Å². The first-order chi connectivity index (χ1) is 10.3. The molecule has 2 heterocycles. The van der Waals surface area contributed by atoms with Crippen LogP contribution in [0, 0.1) is 0 Å². The summed E-state index contributed by atoms with van der Waals surface area (Å²) in [5.74, 6) is 0.988. The summed E-state index contributed by atoms with van der Waals surface area (Å²) in [4.78, 5) is 15.7. The van der Waals surface area contributed by atoms with E-state index < -0.39 is 0 Å². The Bertz CT molecular complexity index is 546. The van der Waals surface area contributed by atoms with Crippen molar-refractivity contribution in [3.8, 4) is 5.88 Å². The Morgan fingerprint density at radius 1 is 1.19 bits per heavy atom. The Labute approximate surface area is 123 Å². The topological polar surface area (TPSA) is 94.2 Å². The van der Waals surface area contributed by atoms with Gasteiger partial charge in [-0.05, 0) is 13.3 Å². The fourth-order valence-electron chi connectivity index (χ4n) is 1.75. The van der Waals surface area contributed by atoms with Gasteiger partial charge in [0.1, 0.15) is 12.1 Å². The van der Waals surface area contributed by atoms with Gasteiger partial charge in [0.2, 0.25) is 11.8 Å². The molecule has 0 aliphatic rings. The average molecular weight is 295 g/mol. The maximum Gasteiger partial charge on any atom is 0.245 e. The van der Waals surface area contributed by atoms with Crippen molar-refractivity contribution < 1.29 is 14.2 Å². The van der Waals surface area contributed by atoms with Crippen LogP contribution >= 0.6 is 0 Å². The van der Waals surface area contributed by atoms with E-state index in [9.17, 15) is 0 Å². The van der Waals surface area contributed by atoms with E-state index >= 15 is 0 Å². The fraction of sp³-hybridized carbons (Fsp3) is 0.615. The van der Waals surface area contributed by atoms with E-state index in [0.717, 1.165) is 13.0 Å². The standard InChI is InChI=1S/C13H21N5O3/c1-3-14-13-17-11-10(15-9-16-11)12(18-13)21-8-7-20-6-4-5-19-2/h9H,3-8H2,1-2H3,(H2,14,15,16,17,18). The second-order valence-electron chi connectivity index (χ2n) is 4.29. The van der Waals surface area contributed by atoms with Crippen molar-refractivity contribution in [2.45, 2.75) is 13.3 Å². The summed E-state index contributed by atoms with van der Waals surface area (Å²) in [6.07, 6.45) is 2.45. The summed E-state index contributed by atoms with van der Waals surface area (Å²) in [6, 6.07) is 0. The smallest absolute Gasteiger partial charge is 0.245 e. The zero-order valence-corrected chi connectivity index (χ0v) is 12.4. The lowest BCUT2D eigenvalue weighted by Crippen LogP contribution is -2.11. The third kappa shape index (κ3) is 4.54. The summed E-state index contributed by atoms with van der Waals surface area (Å²) < 4.78 is 16.0. The molecule has 0 fully saturated rings. The number of nitrogens with zero attached hydrogens (tertiary/aromatic N) is 3. The third-order valence-electron chi connectivity index (χ3n) is 2.69. The number of rotatable bonds is 10. The van der Waals surface area contributed by atoms with Gasteiger partial charge in [0.05, 0.1) is 12.9 Å². The molecule has 8 nitrogen and oxygen atoms in total. The van der Waals surface area contributed by atoms with Crippen LogP contribution < -0.4 is 10.1 Å². The molecule has 2 aromatic rings. The highest BCUT2D eigenvalue weighted by Gasteiger charge is 2.10. The lowest BCUT2D eigenvalue weighted by atomic mass is 10.5. The number of fused-ring (bicyclic) bond motifs is 1. The van der Waals surface area contributed by atoms with Gasteiger partial charge >= 0.3 is 0 Å². The highest BCUT2D eigenvalue weighted by atomic mass is 16.5. The van der Waals surface area contributed by atoms with Crippen molar-refractivity contribution in [2.75, 3.05) is 45.4 Å². The predicted molar refractivity (Wildman–Crippen MR) is 78.7 cm³/mol. The molecule has 0 unspecified atom stereocenters. The van der Waals surface area contributed by atoms with Crippen LogP contribution in [0.5, 0.6) is 5.88 Å². The van der Waals surface area contributed by atoms with E-state index in [1.807, 2.05) is 6.92 Å². The minimum absolute atomic E-state index is 0.420. The summed E-state index contributed by atoms with van der Waals surface area (Å²) in [5.41, 5.74) is 1.27. The molecule has 0 saturated carbocycles. The number of hydrogen-bond acceptors (Lipinski definition) is 7. The molecule has 0 bridgehead atoms. The Balaban J connectivity index is 1.87. The highest BCUT2D eigenvalue weighted by Crippen LogP contribution is 2.20. The van der Waals surface area contributed by atoms with Crippen molar-refractivity contribution in [1.82, 2.24) is 19.9 Å². The molecule has 0 atom stereocenters. The Morgan fingerprint density at radius 3 is 2.90 bits per heavy atom. The van der Waals surface area contributed by atoms with E-state index in [1.165, 1.54) is 0 Å². The van der Waals surface area contributed by atoms with E-state index in [-0.39, 0.29) is 0 Å². The summed E-state index contributed by atoms with van der Waals surface area (Å²) in [5, 5.41) is 3.05. The van der Waals surface area contributed by atoms with Crippen molar-refractivity contribution in [2.24, 2.45) is 0 Å². The highest BCUT2D eigenvalue weighted by molar-refractivity contribution is 5.76. The van der Waals surface area contributed by atoms with E-state index in [4.69, 9.17) is 14.2 Å². The first-order valence-corrected chi connectivity index (χ1v) is 6.99. The number of aromatic amines is 1. The maximum absolute atomic E-state index is 5.65. The quantitative estimate of drug-likeness (QED) is 0.636. The molecule has 0 amide bonds. The SMILES string of the molecule is CCNc1nc(OCCOCCCOC)c2[nH]cnc2n1. The maximum atomic E-state index is 5.65. The van der Waals surface area contributed by atoms with Crippen LogP contribution in [0.25, 0.3) is 11.2 Å². The molecule has 0 aliphatic heterocycles. The minimum atomic E-state index is 0.420. The Hall–Kier alpha value is -1.93. The Kier molecular flexibility index (Phi) is 6.17. The molecule has 21 heavy (non-hydrogen) atoms. The lowest BCUT2D eigenvalue weighted by Gasteiger charge is -2.08. The monoisotopic (exact) mass is 295 g/mol. The predicted octanol–water partition coefficient (Wildman–Crippen LogP) is 1.22. The number of ether oxygens (including phenoxy) is 3. The minimum Gasteiger partial charge on any atom is -0.474 e. The number of hydrogen-bond donors (Lipinski definition) is 2. The van der Waals surface area contributed by atoms with Gasteiger partial charge in [-0.1, -0.05) is 0 Å². The average Bonchev–Trinajstić information content (AvgIpc) is 2.95. The van der Waals surface area contributed by atoms with Gasteiger partial charge in [0.15, 0.2) is 5.65 Å². The van der Waals surface area contributed by atoms with Crippen LogP contribution in [-0.2, 0) is 9.47 Å². The number of anilines is 1. The van der Waals surface area contributed by atoms with E-state index in [0.29, 0.717) is 49.4 Å². The van der Waals surface area contributed by atoms with Crippen LogP contribution in [0.15, 0.2) is 6.33 Å². The molecule has 2 aromatic heterocycles. The van der Waals surface area contributed by atoms with Crippen molar-refractivity contribution in [3.63, 3.8) is 0 Å². The lowest BCUT2D eigenvalue weighted by molar-refractivity contribution is 0.0799. The van der Waals surface area contributed by atoms with Gasteiger partial charge in [-0.25, -0.2) is 4.98 Å². The zero-order valence-electron chi connectivity index (χ0n) is 12.4. The molecule has 116 valence electrons. The van der Waals surface area contributed by atoms with Crippen LogP contribution in [-0.4, -0.2) is 60.0 Å². The number of aromatic nitrogens is 4. The van der Waals surface area contributed by atoms with Crippen LogP contribution in [0.2, 0.25) is 0 Å². The Morgan fingerprint density at radius 2 is 2.10 bits per heavy atom. The summed E-state index contributed by atoms with van der Waals surface area (Å²) in [6.45, 7) is 4.99. The van der Waals surface area contributed by atoms with Gasteiger partial charge in [-0.2, -0.15) is 9.97 Å². The molecule has 2 rings (SSSR count). The number of nitrogens with one attached hydrogen (secondary N) is 2. The second kappa shape index (κ2) is 8.38. The van der Waals surface area contributed by atoms with Crippen molar-refractivity contribution in [1.29, 1.82) is 0 Å². The molecule has 0 aromatic carbocycles. The molecule has 0 aliphatic carbocycles. The first kappa shape index (κ1) is 15.5. The molecule has 0 saturated heterocycles. The molecule has 8 heteroatoms. The summed E-state index contributed by atoms with van der Waals surface area (Å²) in [7, 11) is 1.68. The van der Waals surface area contributed by atoms with Gasteiger partial charge in [0, 0.05) is 26.9 Å². The number of imidazole rings is 1. The third-order valence-corrected chi connectivity index (χ3v) is 2.69. The van der Waals surface area contributed by atoms with E-state index in [1.54, 1.807) is 13.4 Å². The fourth-order valence-corrected chi connectivity index (χ4v) is 1.75. The molecular formula is C13H21N5O3. The van der Waals surface area contributed by atoms with Crippen molar-refractivity contribution >= 4 is 17.1 Å². The largest absolute Gasteiger partial charge is 0.474 e. The normalized spacial score (nSPS) is 11.0. The van der Waals surface area contributed by atoms with Gasteiger partial charge in [-0.3, -0.25) is 0 Å². The molecular weight excluding hydrogens is 274 g/mol. The van der Waals surface area contributed by atoms with Crippen LogP contribution in [0.1, 0.15) is 13.3 Å². The number of methoxy groups -OCH3 is 1. The second-order valence-corrected chi connectivity index (χ2v) is 4.29. The molecule has 0 spiro atoms. The zero-order chi connectivity index (χ0) is 14.9. The van der Waals surface area contributed by atoms with E-state index in [2.05, 4.69) is 25.3 Å². The van der Waals surface area contributed by atoms with Gasteiger partial charge in [0.25, 0.3) is 0 Å². The molecule has 0 radical (unpaired) electrons. The molecule has 2 N–H and O–H groups in total. The number of H-pyrrole nitrogens is 1. The summed E-state index contributed by atoms with van der Waals surface area (Å²) >= 11 is 0. The van der Waals surface area contributed by atoms with Gasteiger partial charge < -0.3 is 24.5 Å². The van der Waals surface area contributed by atoms with Gasteiger partial charge in [-0.15, -0.1) is 0 Å². The van der Waals surface area contributed by atoms with Crippen LogP contribution in [0.4, 0.5) is 5.95 Å². The van der Waals surface area contributed by atoms with Crippen LogP contribution in [0.3, 0.4) is 0 Å².